The van der Waals surface area contributed by atoms with Gasteiger partial charge in [0.25, 0.3) is 5.91 Å². The Balaban J connectivity index is 1.12. The summed E-state index contributed by atoms with van der Waals surface area (Å²) in [5.74, 6) is 1.29. The van der Waals surface area contributed by atoms with Gasteiger partial charge in [0.05, 0.1) is 7.11 Å². The molecule has 3 aliphatic rings. The van der Waals surface area contributed by atoms with Crippen LogP contribution in [0.5, 0.6) is 5.75 Å². The molecule has 0 aromatic heterocycles. The number of benzene rings is 2. The Hall–Kier alpha value is -3.02. The summed E-state index contributed by atoms with van der Waals surface area (Å²) >= 11 is 0. The predicted octanol–water partition coefficient (Wildman–Crippen LogP) is 3.29. The van der Waals surface area contributed by atoms with Gasteiger partial charge in [-0.1, -0.05) is 18.2 Å². The van der Waals surface area contributed by atoms with E-state index in [-0.39, 0.29) is 17.2 Å². The zero-order valence-electron chi connectivity index (χ0n) is 18.7. The van der Waals surface area contributed by atoms with Crippen molar-refractivity contribution in [3.8, 4) is 5.75 Å². The van der Waals surface area contributed by atoms with Crippen LogP contribution in [-0.4, -0.2) is 68.0 Å². The number of piperidine rings is 1. The first-order valence-corrected chi connectivity index (χ1v) is 11.6. The van der Waals surface area contributed by atoms with E-state index in [9.17, 15) is 9.59 Å². The van der Waals surface area contributed by atoms with Crippen molar-refractivity contribution in [3.05, 3.63) is 60.2 Å². The summed E-state index contributed by atoms with van der Waals surface area (Å²) in [6.07, 6.45) is 2.83. The summed E-state index contributed by atoms with van der Waals surface area (Å²) in [5, 5.41) is 0. The van der Waals surface area contributed by atoms with Crippen molar-refractivity contribution in [3.63, 3.8) is 0 Å². The Bertz CT molecular complexity index is 960. The van der Waals surface area contributed by atoms with Gasteiger partial charge in [-0.3, -0.25) is 9.59 Å². The highest BCUT2D eigenvalue weighted by molar-refractivity contribution is 5.94. The van der Waals surface area contributed by atoms with Crippen LogP contribution in [0.3, 0.4) is 0 Å². The van der Waals surface area contributed by atoms with E-state index in [1.165, 1.54) is 5.69 Å². The average Bonchev–Trinajstić information content (AvgIpc) is 3.57. The molecule has 0 bridgehead atoms. The SMILES string of the molecule is COc1ccc(C(=O)N2CCC3(CC2)CC3C(=O)N2CCN(c3ccccc3)CC2)cc1. The number of piperazine rings is 1. The van der Waals surface area contributed by atoms with Crippen LogP contribution in [0.1, 0.15) is 29.6 Å². The molecule has 1 aliphatic carbocycles. The number of anilines is 1. The van der Waals surface area contributed by atoms with E-state index in [1.807, 2.05) is 35.2 Å². The summed E-state index contributed by atoms with van der Waals surface area (Å²) in [5.41, 5.74) is 2.04. The van der Waals surface area contributed by atoms with Gasteiger partial charge in [-0.25, -0.2) is 0 Å². The van der Waals surface area contributed by atoms with Gasteiger partial charge in [0.1, 0.15) is 5.75 Å². The van der Waals surface area contributed by atoms with E-state index >= 15 is 0 Å². The van der Waals surface area contributed by atoms with Crippen molar-refractivity contribution in [1.29, 1.82) is 0 Å². The van der Waals surface area contributed by atoms with Crippen LogP contribution in [-0.2, 0) is 4.79 Å². The number of hydrogen-bond acceptors (Lipinski definition) is 4. The predicted molar refractivity (Wildman–Crippen MR) is 124 cm³/mol. The van der Waals surface area contributed by atoms with Gasteiger partial charge in [-0.2, -0.15) is 0 Å². The zero-order valence-corrected chi connectivity index (χ0v) is 18.7. The fourth-order valence-corrected chi connectivity index (χ4v) is 5.36. The van der Waals surface area contributed by atoms with Crippen LogP contribution in [0.4, 0.5) is 5.69 Å². The monoisotopic (exact) mass is 433 g/mol. The van der Waals surface area contributed by atoms with E-state index in [0.717, 1.165) is 64.3 Å². The lowest BCUT2D eigenvalue weighted by Gasteiger charge is -2.37. The third kappa shape index (κ3) is 3.94. The molecule has 1 spiro atoms. The highest BCUT2D eigenvalue weighted by atomic mass is 16.5. The number of hydrogen-bond donors (Lipinski definition) is 0. The molecule has 0 radical (unpaired) electrons. The standard InChI is InChI=1S/C26H31N3O3/c1-32-22-9-7-20(8-10-22)24(30)28-13-11-26(12-14-28)19-23(26)25(31)29-17-15-27(16-18-29)21-5-3-2-4-6-21/h2-10,23H,11-19H2,1H3. The van der Waals surface area contributed by atoms with E-state index in [4.69, 9.17) is 4.74 Å². The van der Waals surface area contributed by atoms with E-state index < -0.39 is 0 Å². The van der Waals surface area contributed by atoms with Crippen molar-refractivity contribution >= 4 is 17.5 Å². The highest BCUT2D eigenvalue weighted by Gasteiger charge is 2.59. The first-order valence-electron chi connectivity index (χ1n) is 11.6. The van der Waals surface area contributed by atoms with Gasteiger partial charge in [-0.15, -0.1) is 0 Å². The number of carbonyl (C=O) groups excluding carboxylic acids is 2. The van der Waals surface area contributed by atoms with Crippen molar-refractivity contribution in [1.82, 2.24) is 9.80 Å². The van der Waals surface area contributed by atoms with Crippen molar-refractivity contribution < 1.29 is 14.3 Å². The first kappa shape index (κ1) is 20.9. The minimum Gasteiger partial charge on any atom is -0.497 e. The van der Waals surface area contributed by atoms with Gasteiger partial charge >= 0.3 is 0 Å². The molecule has 2 saturated heterocycles. The molecule has 168 valence electrons. The molecule has 2 aliphatic heterocycles. The molecule has 2 aromatic carbocycles. The molecule has 2 amide bonds. The smallest absolute Gasteiger partial charge is 0.253 e. The van der Waals surface area contributed by atoms with Crippen LogP contribution in [0, 0.1) is 11.3 Å². The number of rotatable bonds is 4. The molecule has 1 unspecified atom stereocenters. The fraction of sp³-hybridized carbons (Fsp3) is 0.462. The quantitative estimate of drug-likeness (QED) is 0.743. The Kier molecular flexibility index (Phi) is 5.53. The summed E-state index contributed by atoms with van der Waals surface area (Å²) in [7, 11) is 1.62. The molecule has 6 nitrogen and oxygen atoms in total. The summed E-state index contributed by atoms with van der Waals surface area (Å²) in [4.78, 5) is 32.4. The third-order valence-electron chi connectivity index (χ3n) is 7.58. The minimum atomic E-state index is 0.0723. The van der Waals surface area contributed by atoms with Crippen molar-refractivity contribution in [2.45, 2.75) is 19.3 Å². The van der Waals surface area contributed by atoms with Gasteiger partial charge < -0.3 is 19.4 Å². The molecule has 1 atom stereocenters. The Morgan fingerprint density at radius 3 is 2.12 bits per heavy atom. The number of carbonyl (C=O) groups is 2. The lowest BCUT2D eigenvalue weighted by atomic mass is 9.90. The van der Waals surface area contributed by atoms with Crippen LogP contribution >= 0.6 is 0 Å². The maximum absolute atomic E-state index is 13.2. The second-order valence-corrected chi connectivity index (χ2v) is 9.29. The molecule has 0 N–H and O–H groups in total. The molecule has 1 saturated carbocycles. The second-order valence-electron chi connectivity index (χ2n) is 9.29. The Labute approximate surface area is 189 Å². The summed E-state index contributed by atoms with van der Waals surface area (Å²) < 4.78 is 5.18. The highest BCUT2D eigenvalue weighted by Crippen LogP contribution is 2.60. The van der Waals surface area contributed by atoms with Crippen LogP contribution < -0.4 is 9.64 Å². The number of nitrogens with zero attached hydrogens (tertiary/aromatic N) is 3. The lowest BCUT2D eigenvalue weighted by Crippen LogP contribution is -2.50. The van der Waals surface area contributed by atoms with Crippen molar-refractivity contribution in [2.75, 3.05) is 51.3 Å². The number of methoxy groups -OCH3 is 1. The third-order valence-corrected chi connectivity index (χ3v) is 7.58. The first-order chi connectivity index (χ1) is 15.6. The number of para-hydroxylation sites is 1. The maximum Gasteiger partial charge on any atom is 0.253 e. The average molecular weight is 434 g/mol. The second kappa shape index (κ2) is 8.49. The van der Waals surface area contributed by atoms with Gasteiger partial charge in [-0.05, 0) is 61.1 Å². The largest absolute Gasteiger partial charge is 0.497 e. The van der Waals surface area contributed by atoms with Gasteiger partial charge in [0.2, 0.25) is 5.91 Å². The van der Waals surface area contributed by atoms with Crippen LogP contribution in [0.2, 0.25) is 0 Å². The van der Waals surface area contributed by atoms with Crippen molar-refractivity contribution in [2.24, 2.45) is 11.3 Å². The summed E-state index contributed by atoms with van der Waals surface area (Å²) in [6, 6.07) is 17.7. The molecular weight excluding hydrogens is 402 g/mol. The van der Waals surface area contributed by atoms with Gasteiger partial charge in [0.15, 0.2) is 0 Å². The molecule has 3 fully saturated rings. The molecule has 2 heterocycles. The fourth-order valence-electron chi connectivity index (χ4n) is 5.36. The number of amides is 2. The maximum atomic E-state index is 13.2. The molecule has 2 aromatic rings. The zero-order chi connectivity index (χ0) is 22.1. The van der Waals surface area contributed by atoms with E-state index in [0.29, 0.717) is 11.5 Å². The molecule has 6 heteroatoms. The van der Waals surface area contributed by atoms with Crippen LogP contribution in [0.15, 0.2) is 54.6 Å². The topological polar surface area (TPSA) is 53.1 Å². The van der Waals surface area contributed by atoms with E-state index in [2.05, 4.69) is 34.1 Å². The number of ether oxygens (including phenoxy) is 1. The minimum absolute atomic E-state index is 0.0723. The van der Waals surface area contributed by atoms with Crippen LogP contribution in [0.25, 0.3) is 0 Å². The molecular formula is C26H31N3O3. The Morgan fingerprint density at radius 2 is 1.50 bits per heavy atom. The summed E-state index contributed by atoms with van der Waals surface area (Å²) in [6.45, 7) is 4.83. The van der Waals surface area contributed by atoms with E-state index in [1.54, 1.807) is 7.11 Å². The van der Waals surface area contributed by atoms with Gasteiger partial charge in [0, 0.05) is 56.4 Å². The molecule has 32 heavy (non-hydrogen) atoms. The normalized spacial score (nSPS) is 22.0. The lowest BCUT2D eigenvalue weighted by molar-refractivity contribution is -0.134. The molecule has 5 rings (SSSR count). The Morgan fingerprint density at radius 1 is 0.844 bits per heavy atom. The number of likely N-dealkylation sites (tertiary alicyclic amines) is 1.